The van der Waals surface area contributed by atoms with E-state index in [1.807, 2.05) is 6.07 Å². The normalized spacial score (nSPS) is 26.4. The van der Waals surface area contributed by atoms with E-state index in [-0.39, 0.29) is 0 Å². The van der Waals surface area contributed by atoms with Crippen LogP contribution in [0.4, 0.5) is 0 Å². The summed E-state index contributed by atoms with van der Waals surface area (Å²) in [6, 6.07) is 9.04. The highest BCUT2D eigenvalue weighted by atomic mass is 16.5. The smallest absolute Gasteiger partial charge is 0.119 e. The fraction of sp³-hybridized carbons (Fsp3) is 0.500. The number of hydrogen-bond donors (Lipinski definition) is 1. The first-order chi connectivity index (χ1) is 6.79. The van der Waals surface area contributed by atoms with Gasteiger partial charge in [0.05, 0.1) is 7.11 Å². The Morgan fingerprint density at radius 1 is 1.43 bits per heavy atom. The van der Waals surface area contributed by atoms with Crippen molar-refractivity contribution >= 4 is 0 Å². The van der Waals surface area contributed by atoms with Crippen LogP contribution in [-0.2, 0) is 0 Å². The molecule has 0 aliphatic carbocycles. The predicted octanol–water partition coefficient (Wildman–Crippen LogP) is 2.16. The van der Waals surface area contributed by atoms with Crippen LogP contribution in [0.3, 0.4) is 0 Å². The molecule has 2 rings (SSSR count). The van der Waals surface area contributed by atoms with E-state index in [0.717, 1.165) is 12.3 Å². The number of nitrogens with one attached hydrogen (secondary N) is 1. The van der Waals surface area contributed by atoms with E-state index in [4.69, 9.17) is 4.74 Å². The summed E-state index contributed by atoms with van der Waals surface area (Å²) < 4.78 is 5.22. The van der Waals surface area contributed by atoms with Crippen molar-refractivity contribution in [2.75, 3.05) is 13.7 Å². The van der Waals surface area contributed by atoms with Crippen molar-refractivity contribution in [1.29, 1.82) is 0 Å². The molecule has 1 aliphatic rings. The Balaban J connectivity index is 2.15. The minimum Gasteiger partial charge on any atom is -0.497 e. The Kier molecular flexibility index (Phi) is 2.73. The maximum Gasteiger partial charge on any atom is 0.119 e. The first kappa shape index (κ1) is 9.53. The Morgan fingerprint density at radius 2 is 2.29 bits per heavy atom. The van der Waals surface area contributed by atoms with E-state index in [1.54, 1.807) is 7.11 Å². The van der Waals surface area contributed by atoms with Gasteiger partial charge in [0.1, 0.15) is 5.75 Å². The van der Waals surface area contributed by atoms with Gasteiger partial charge in [-0.25, -0.2) is 0 Å². The van der Waals surface area contributed by atoms with Gasteiger partial charge in [-0.2, -0.15) is 0 Å². The fourth-order valence-corrected chi connectivity index (χ4v) is 2.09. The molecule has 0 spiro atoms. The summed E-state index contributed by atoms with van der Waals surface area (Å²) >= 11 is 0. The van der Waals surface area contributed by atoms with Gasteiger partial charge < -0.3 is 10.1 Å². The highest BCUT2D eigenvalue weighted by molar-refractivity contribution is 5.31. The highest BCUT2D eigenvalue weighted by Gasteiger charge is 2.21. The number of hydrogen-bond acceptors (Lipinski definition) is 2. The number of methoxy groups -OCH3 is 1. The van der Waals surface area contributed by atoms with E-state index in [0.29, 0.717) is 12.0 Å². The molecule has 0 saturated carbocycles. The Morgan fingerprint density at radius 3 is 2.93 bits per heavy atom. The van der Waals surface area contributed by atoms with Crippen LogP contribution in [0, 0.1) is 0 Å². The lowest BCUT2D eigenvalue weighted by Crippen LogP contribution is -2.16. The van der Waals surface area contributed by atoms with E-state index >= 15 is 0 Å². The standard InChI is InChI=1S/C12H17NO/c1-9-6-11(8-13-9)10-4-3-5-12(7-10)14-2/h3-5,7,9,11,13H,6,8H2,1-2H3. The summed E-state index contributed by atoms with van der Waals surface area (Å²) in [5, 5.41) is 3.46. The van der Waals surface area contributed by atoms with Gasteiger partial charge in [0, 0.05) is 12.6 Å². The molecule has 2 nitrogen and oxygen atoms in total. The molecule has 1 heterocycles. The second kappa shape index (κ2) is 4.01. The third-order valence-corrected chi connectivity index (χ3v) is 2.92. The predicted molar refractivity (Wildman–Crippen MR) is 57.8 cm³/mol. The zero-order chi connectivity index (χ0) is 9.97. The van der Waals surface area contributed by atoms with Crippen molar-refractivity contribution in [3.05, 3.63) is 29.8 Å². The minimum absolute atomic E-state index is 0.645. The van der Waals surface area contributed by atoms with Gasteiger partial charge in [-0.05, 0) is 37.0 Å². The zero-order valence-corrected chi connectivity index (χ0v) is 8.79. The molecule has 14 heavy (non-hydrogen) atoms. The largest absolute Gasteiger partial charge is 0.497 e. The van der Waals surface area contributed by atoms with Gasteiger partial charge in [-0.3, -0.25) is 0 Å². The van der Waals surface area contributed by atoms with E-state index < -0.39 is 0 Å². The van der Waals surface area contributed by atoms with Crippen LogP contribution in [0.5, 0.6) is 5.75 Å². The van der Waals surface area contributed by atoms with E-state index in [1.165, 1.54) is 12.0 Å². The van der Waals surface area contributed by atoms with Gasteiger partial charge >= 0.3 is 0 Å². The van der Waals surface area contributed by atoms with Crippen LogP contribution in [0.1, 0.15) is 24.8 Å². The molecule has 76 valence electrons. The van der Waals surface area contributed by atoms with Gasteiger partial charge in [-0.1, -0.05) is 12.1 Å². The number of ether oxygens (including phenoxy) is 1. The topological polar surface area (TPSA) is 21.3 Å². The highest BCUT2D eigenvalue weighted by Crippen LogP contribution is 2.27. The van der Waals surface area contributed by atoms with Crippen LogP contribution < -0.4 is 10.1 Å². The second-order valence-electron chi connectivity index (χ2n) is 4.02. The lowest BCUT2D eigenvalue weighted by Gasteiger charge is -2.10. The Labute approximate surface area is 85.3 Å². The molecule has 1 aromatic rings. The average Bonchev–Trinajstić information content (AvgIpc) is 2.65. The molecule has 0 radical (unpaired) electrons. The van der Waals surface area contributed by atoms with Crippen LogP contribution >= 0.6 is 0 Å². The third kappa shape index (κ3) is 1.90. The van der Waals surface area contributed by atoms with E-state index in [9.17, 15) is 0 Å². The number of benzene rings is 1. The molecular formula is C12H17NO. The van der Waals surface area contributed by atoms with Gasteiger partial charge in [0.25, 0.3) is 0 Å². The van der Waals surface area contributed by atoms with Crippen LogP contribution in [0.15, 0.2) is 24.3 Å². The van der Waals surface area contributed by atoms with Gasteiger partial charge in [0.15, 0.2) is 0 Å². The van der Waals surface area contributed by atoms with Gasteiger partial charge in [0.2, 0.25) is 0 Å². The van der Waals surface area contributed by atoms with Gasteiger partial charge in [-0.15, -0.1) is 0 Å². The lowest BCUT2D eigenvalue weighted by atomic mass is 9.96. The minimum atomic E-state index is 0.645. The summed E-state index contributed by atoms with van der Waals surface area (Å²) in [4.78, 5) is 0. The molecule has 2 unspecified atom stereocenters. The van der Waals surface area contributed by atoms with Crippen LogP contribution in [0.2, 0.25) is 0 Å². The fourth-order valence-electron chi connectivity index (χ4n) is 2.09. The molecule has 1 fully saturated rings. The monoisotopic (exact) mass is 191 g/mol. The van der Waals surface area contributed by atoms with Crippen molar-refractivity contribution in [1.82, 2.24) is 5.32 Å². The summed E-state index contributed by atoms with van der Waals surface area (Å²) in [5.74, 6) is 1.61. The zero-order valence-electron chi connectivity index (χ0n) is 8.79. The Hall–Kier alpha value is -1.02. The Bertz CT molecular complexity index is 311. The quantitative estimate of drug-likeness (QED) is 0.773. The molecule has 0 amide bonds. The SMILES string of the molecule is COc1cccc(C2CNC(C)C2)c1. The third-order valence-electron chi connectivity index (χ3n) is 2.92. The van der Waals surface area contributed by atoms with E-state index in [2.05, 4.69) is 30.4 Å². The summed E-state index contributed by atoms with van der Waals surface area (Å²) in [7, 11) is 1.72. The van der Waals surface area contributed by atoms with Crippen LogP contribution in [0.25, 0.3) is 0 Å². The lowest BCUT2D eigenvalue weighted by molar-refractivity contribution is 0.414. The van der Waals surface area contributed by atoms with Crippen LogP contribution in [-0.4, -0.2) is 19.7 Å². The maximum absolute atomic E-state index is 5.22. The molecule has 1 aliphatic heterocycles. The molecular weight excluding hydrogens is 174 g/mol. The molecule has 0 bridgehead atoms. The van der Waals surface area contributed by atoms with Crippen molar-refractivity contribution in [2.24, 2.45) is 0 Å². The first-order valence-electron chi connectivity index (χ1n) is 5.17. The van der Waals surface area contributed by atoms with Crippen molar-refractivity contribution in [3.8, 4) is 5.75 Å². The molecule has 1 aromatic carbocycles. The van der Waals surface area contributed by atoms with Crippen molar-refractivity contribution in [2.45, 2.75) is 25.3 Å². The van der Waals surface area contributed by atoms with Crippen molar-refractivity contribution < 1.29 is 4.74 Å². The molecule has 2 atom stereocenters. The molecule has 1 saturated heterocycles. The second-order valence-corrected chi connectivity index (χ2v) is 4.02. The summed E-state index contributed by atoms with van der Waals surface area (Å²) in [5.41, 5.74) is 1.39. The molecule has 1 N–H and O–H groups in total. The number of rotatable bonds is 2. The summed E-state index contributed by atoms with van der Waals surface area (Å²) in [6.07, 6.45) is 1.23. The molecule has 0 aromatic heterocycles. The molecule has 2 heteroatoms. The summed E-state index contributed by atoms with van der Waals surface area (Å²) in [6.45, 7) is 3.33. The average molecular weight is 191 g/mol. The first-order valence-corrected chi connectivity index (χ1v) is 5.17. The van der Waals surface area contributed by atoms with Crippen molar-refractivity contribution in [3.63, 3.8) is 0 Å². The maximum atomic E-state index is 5.22.